The van der Waals surface area contributed by atoms with Crippen LogP contribution in [0.1, 0.15) is 18.2 Å². The smallest absolute Gasteiger partial charge is 0.390 e. The van der Waals surface area contributed by atoms with E-state index in [9.17, 15) is 46.5 Å². The van der Waals surface area contributed by atoms with Crippen molar-refractivity contribution in [3.05, 3.63) is 22.2 Å². The second kappa shape index (κ2) is 12.3. The molecule has 1 saturated heterocycles. The summed E-state index contributed by atoms with van der Waals surface area (Å²) in [4.78, 5) is 62.1. The first kappa shape index (κ1) is 32.0. The largest absolute Gasteiger partial charge is 0.490 e. The van der Waals surface area contributed by atoms with E-state index < -0.39 is 84.0 Å². The van der Waals surface area contributed by atoms with E-state index in [1.54, 1.807) is 0 Å². The summed E-state index contributed by atoms with van der Waals surface area (Å²) in [5.74, 6) is 1.64. The van der Waals surface area contributed by atoms with Crippen LogP contribution in [-0.2, 0) is 36.4 Å². The van der Waals surface area contributed by atoms with Crippen LogP contribution in [0.3, 0.4) is 0 Å². The fourth-order valence-electron chi connectivity index (χ4n) is 2.68. The maximum atomic E-state index is 13.3. The zero-order chi connectivity index (χ0) is 29.1. The molecule has 7 N–H and O–H groups in total. The molecular formula is C14H18F3N4O14P3. The molecule has 1 fully saturated rings. The number of phosphoric acid groups is 3. The van der Waals surface area contributed by atoms with Gasteiger partial charge in [0.1, 0.15) is 24.7 Å². The van der Waals surface area contributed by atoms with E-state index in [-0.39, 0.29) is 12.0 Å². The van der Waals surface area contributed by atoms with Gasteiger partial charge in [-0.1, -0.05) is 16.3 Å². The first-order valence-electron chi connectivity index (χ1n) is 9.55. The van der Waals surface area contributed by atoms with Gasteiger partial charge in [-0.15, -0.1) is 0 Å². The molecule has 24 heteroatoms. The van der Waals surface area contributed by atoms with Crippen molar-refractivity contribution in [2.24, 2.45) is 0 Å². The Labute approximate surface area is 209 Å². The zero-order valence-electron chi connectivity index (χ0n) is 18.3. The third kappa shape index (κ3) is 9.54. The van der Waals surface area contributed by atoms with Crippen molar-refractivity contribution < 1.29 is 74.3 Å². The molecule has 18 nitrogen and oxygen atoms in total. The van der Waals surface area contributed by atoms with Crippen molar-refractivity contribution in [1.82, 2.24) is 14.7 Å². The predicted molar refractivity (Wildman–Crippen MR) is 113 cm³/mol. The molecule has 0 bridgehead atoms. The molecule has 0 radical (unpaired) electrons. The minimum atomic E-state index is -5.78. The maximum Gasteiger partial charge on any atom is 0.490 e. The molecule has 5 atom stereocenters. The SMILES string of the molecule is Nc1nc(=O)n([C@H]2C[C@H](O)[C@@H](COP(=O)(O)OP(=O)(O)OP(=O)(O)O)O2)cc1C#CCN(F)C(=O)C(F)F. The van der Waals surface area contributed by atoms with Crippen molar-refractivity contribution in [2.75, 3.05) is 18.9 Å². The van der Waals surface area contributed by atoms with Gasteiger partial charge in [0.2, 0.25) is 0 Å². The average Bonchev–Trinajstić information content (AvgIpc) is 3.10. The second-order valence-corrected chi connectivity index (χ2v) is 11.4. The number of hydrogen-bond acceptors (Lipinski definition) is 12. The summed E-state index contributed by atoms with van der Waals surface area (Å²) >= 11 is 0. The number of rotatable bonds is 10. The van der Waals surface area contributed by atoms with Crippen LogP contribution in [0.15, 0.2) is 11.0 Å². The number of aliphatic hydroxyl groups is 1. The number of aromatic nitrogens is 2. The van der Waals surface area contributed by atoms with Gasteiger partial charge in [-0.2, -0.15) is 27.5 Å². The highest BCUT2D eigenvalue weighted by molar-refractivity contribution is 7.66. The van der Waals surface area contributed by atoms with Crippen LogP contribution in [0.2, 0.25) is 0 Å². The Bertz CT molecular complexity index is 1310. The highest BCUT2D eigenvalue weighted by atomic mass is 31.3. The Morgan fingerprint density at radius 2 is 1.89 bits per heavy atom. The Hall–Kier alpha value is -2.17. The average molecular weight is 616 g/mol. The van der Waals surface area contributed by atoms with Gasteiger partial charge >= 0.3 is 41.5 Å². The lowest BCUT2D eigenvalue weighted by Gasteiger charge is -2.19. The minimum Gasteiger partial charge on any atom is -0.390 e. The zero-order valence-corrected chi connectivity index (χ0v) is 21.0. The molecular weight excluding hydrogens is 598 g/mol. The van der Waals surface area contributed by atoms with E-state index in [0.29, 0.717) is 0 Å². The number of nitrogens with zero attached hydrogens (tertiary/aromatic N) is 3. The number of hydrogen-bond donors (Lipinski definition) is 6. The summed E-state index contributed by atoms with van der Waals surface area (Å²) in [6.07, 6.45) is -7.35. The number of phosphoric ester groups is 1. The summed E-state index contributed by atoms with van der Waals surface area (Å²) in [6.45, 7) is -2.10. The highest BCUT2D eigenvalue weighted by Gasteiger charge is 2.43. The first-order chi connectivity index (χ1) is 17.3. The predicted octanol–water partition coefficient (Wildman–Crippen LogP) is -0.853. The molecule has 214 valence electrons. The minimum absolute atomic E-state index is 0.239. The third-order valence-electron chi connectivity index (χ3n) is 4.18. The van der Waals surface area contributed by atoms with Crippen LogP contribution in [0, 0.1) is 11.8 Å². The van der Waals surface area contributed by atoms with E-state index in [2.05, 4.69) is 24.0 Å². The van der Waals surface area contributed by atoms with Crippen molar-refractivity contribution in [1.29, 1.82) is 0 Å². The molecule has 1 aliphatic heterocycles. The second-order valence-electron chi connectivity index (χ2n) is 7.01. The van der Waals surface area contributed by atoms with Crippen LogP contribution in [0.25, 0.3) is 0 Å². The number of ether oxygens (including phenoxy) is 1. The van der Waals surface area contributed by atoms with Crippen molar-refractivity contribution >= 4 is 35.2 Å². The van der Waals surface area contributed by atoms with Gasteiger partial charge in [-0.3, -0.25) is 13.9 Å². The van der Waals surface area contributed by atoms with Crippen LogP contribution in [0.5, 0.6) is 0 Å². The normalized spacial score (nSPS) is 22.8. The monoisotopic (exact) mass is 616 g/mol. The number of anilines is 1. The summed E-state index contributed by atoms with van der Waals surface area (Å²) in [5.41, 5.74) is 4.26. The van der Waals surface area contributed by atoms with E-state index in [1.807, 2.05) is 5.92 Å². The maximum absolute atomic E-state index is 13.3. The number of nitrogens with two attached hydrogens (primary N) is 1. The van der Waals surface area contributed by atoms with Gasteiger partial charge < -0.3 is 35.2 Å². The van der Waals surface area contributed by atoms with Crippen molar-refractivity contribution in [3.8, 4) is 11.8 Å². The van der Waals surface area contributed by atoms with E-state index in [1.165, 1.54) is 0 Å². The fourth-order valence-corrected chi connectivity index (χ4v) is 5.71. The van der Waals surface area contributed by atoms with Crippen molar-refractivity contribution in [2.45, 2.75) is 31.3 Å². The number of amides is 1. The first-order valence-corrected chi connectivity index (χ1v) is 14.1. The molecule has 2 heterocycles. The number of halogens is 3. The molecule has 0 saturated carbocycles. The molecule has 2 rings (SSSR count). The summed E-state index contributed by atoms with van der Waals surface area (Å²) in [6, 6.07) is 0. The lowest BCUT2D eigenvalue weighted by atomic mass is 10.2. The topological polar surface area (TPSA) is 270 Å². The Balaban J connectivity index is 2.10. The van der Waals surface area contributed by atoms with Gasteiger partial charge in [0, 0.05) is 12.6 Å². The quantitative estimate of drug-likeness (QED) is 0.106. The molecule has 0 aromatic carbocycles. The molecule has 0 spiro atoms. The van der Waals surface area contributed by atoms with Gasteiger partial charge in [0.15, 0.2) is 0 Å². The van der Waals surface area contributed by atoms with E-state index in [0.717, 1.165) is 10.8 Å². The third-order valence-corrected chi connectivity index (χ3v) is 7.98. The standard InChI is InChI=1S/C14H18F3N4O14P3/c15-11(16)13(23)21(17)3-1-2-7-5-20(14(24)19-12(7)18)10-4-8(22)9(33-10)6-32-37(28,29)35-38(30,31)34-36(25,26)27/h5,8-11,22H,3-4,6H2,(H,28,29)(H,30,31)(H2,18,19,24)(H2,25,26,27)/t8-,9+,10+/m0/s1. The molecule has 2 unspecified atom stereocenters. The van der Waals surface area contributed by atoms with Gasteiger partial charge in [-0.25, -0.2) is 18.5 Å². The molecule has 0 aliphatic carbocycles. The molecule has 1 aromatic heterocycles. The Morgan fingerprint density at radius 3 is 2.47 bits per heavy atom. The molecule has 1 aromatic rings. The van der Waals surface area contributed by atoms with Crippen LogP contribution in [-0.4, -0.2) is 77.0 Å². The summed E-state index contributed by atoms with van der Waals surface area (Å²) < 4.78 is 89.0. The molecule has 1 amide bonds. The lowest BCUT2D eigenvalue weighted by molar-refractivity contribution is -0.157. The van der Waals surface area contributed by atoms with E-state index in [4.69, 9.17) is 25.2 Å². The Kier molecular flexibility index (Phi) is 10.4. The molecule has 38 heavy (non-hydrogen) atoms. The summed E-state index contributed by atoms with van der Waals surface area (Å²) in [5, 5.41) is 9.29. The summed E-state index contributed by atoms with van der Waals surface area (Å²) in [7, 11) is -16.9. The highest BCUT2D eigenvalue weighted by Crippen LogP contribution is 2.66. The van der Waals surface area contributed by atoms with Gasteiger partial charge in [-0.05, 0) is 0 Å². The van der Waals surface area contributed by atoms with Crippen molar-refractivity contribution in [3.63, 3.8) is 0 Å². The number of nitrogen functional groups attached to an aromatic ring is 1. The van der Waals surface area contributed by atoms with Gasteiger partial charge in [0.25, 0.3) is 0 Å². The van der Waals surface area contributed by atoms with Crippen LogP contribution in [0.4, 0.5) is 19.1 Å². The molecule has 1 aliphatic rings. The Morgan fingerprint density at radius 1 is 1.26 bits per heavy atom. The van der Waals surface area contributed by atoms with Gasteiger partial charge in [0.05, 0.1) is 18.3 Å². The van der Waals surface area contributed by atoms with Crippen LogP contribution < -0.4 is 11.4 Å². The lowest BCUT2D eigenvalue weighted by Crippen LogP contribution is -2.29. The van der Waals surface area contributed by atoms with E-state index >= 15 is 0 Å². The number of carbonyl (C=O) groups is 1. The number of aliphatic hydroxyl groups excluding tert-OH is 1. The number of carbonyl (C=O) groups excluding carboxylic acids is 1. The number of alkyl halides is 2. The van der Waals surface area contributed by atoms with Crippen LogP contribution >= 0.6 is 23.5 Å². The fraction of sp³-hybridized carbons (Fsp3) is 0.500.